The largest absolute Gasteiger partial charge is 0.325 e. The highest BCUT2D eigenvalue weighted by molar-refractivity contribution is 6.06. The first-order chi connectivity index (χ1) is 13.0. The molecule has 0 saturated carbocycles. The van der Waals surface area contributed by atoms with Crippen molar-refractivity contribution < 1.29 is 9.59 Å². The van der Waals surface area contributed by atoms with Crippen LogP contribution >= 0.6 is 0 Å². The second-order valence-electron chi connectivity index (χ2n) is 7.28. The number of piperidine rings is 1. The maximum Gasteiger partial charge on any atom is 0.258 e. The van der Waals surface area contributed by atoms with E-state index in [0.717, 1.165) is 37.5 Å². The highest BCUT2D eigenvalue weighted by atomic mass is 16.2. The van der Waals surface area contributed by atoms with Crippen LogP contribution in [0.15, 0.2) is 54.6 Å². The summed E-state index contributed by atoms with van der Waals surface area (Å²) in [6.07, 6.45) is 2.30. The van der Waals surface area contributed by atoms with Crippen LogP contribution in [0.2, 0.25) is 0 Å². The van der Waals surface area contributed by atoms with Crippen molar-refractivity contribution in [1.29, 1.82) is 0 Å². The molecule has 2 aromatic carbocycles. The lowest BCUT2D eigenvalue weighted by molar-refractivity contribution is -0.117. The summed E-state index contributed by atoms with van der Waals surface area (Å²) in [5.41, 5.74) is 2.14. The van der Waals surface area contributed by atoms with Crippen LogP contribution in [-0.4, -0.2) is 43.4 Å². The zero-order valence-corrected chi connectivity index (χ0v) is 16.0. The SMILES string of the molecule is CC1CCN(CC(=O)Nc2ccc(C(=O)N(C)c3ccccc3)cc2)CC1. The Labute approximate surface area is 161 Å². The highest BCUT2D eigenvalue weighted by Gasteiger charge is 2.18. The van der Waals surface area contributed by atoms with Gasteiger partial charge in [0, 0.05) is 24.0 Å². The van der Waals surface area contributed by atoms with Gasteiger partial charge in [0.1, 0.15) is 0 Å². The summed E-state index contributed by atoms with van der Waals surface area (Å²) in [6, 6.07) is 16.6. The molecule has 142 valence electrons. The number of hydrogen-bond acceptors (Lipinski definition) is 3. The standard InChI is InChI=1S/C22H27N3O2/c1-17-12-14-25(15-13-17)16-21(26)23-19-10-8-18(9-11-19)22(27)24(2)20-6-4-3-5-7-20/h3-11,17H,12-16H2,1-2H3,(H,23,26). The summed E-state index contributed by atoms with van der Waals surface area (Å²) in [7, 11) is 1.76. The van der Waals surface area contributed by atoms with Gasteiger partial charge in [-0.1, -0.05) is 25.1 Å². The zero-order chi connectivity index (χ0) is 19.2. The first kappa shape index (κ1) is 19.1. The molecule has 0 radical (unpaired) electrons. The third kappa shape index (κ3) is 5.17. The van der Waals surface area contributed by atoms with Crippen LogP contribution in [0.4, 0.5) is 11.4 Å². The number of nitrogens with zero attached hydrogens (tertiary/aromatic N) is 2. The molecule has 0 unspecified atom stereocenters. The molecule has 1 heterocycles. The number of likely N-dealkylation sites (tertiary alicyclic amines) is 1. The van der Waals surface area contributed by atoms with Gasteiger partial charge in [0.15, 0.2) is 0 Å². The lowest BCUT2D eigenvalue weighted by atomic mass is 9.99. The van der Waals surface area contributed by atoms with Gasteiger partial charge < -0.3 is 10.2 Å². The average molecular weight is 365 g/mol. The summed E-state index contributed by atoms with van der Waals surface area (Å²) < 4.78 is 0. The van der Waals surface area contributed by atoms with Crippen molar-refractivity contribution in [2.45, 2.75) is 19.8 Å². The molecular formula is C22H27N3O2. The van der Waals surface area contributed by atoms with Crippen molar-refractivity contribution >= 4 is 23.2 Å². The number of para-hydroxylation sites is 1. The van der Waals surface area contributed by atoms with Crippen LogP contribution in [0, 0.1) is 5.92 Å². The molecular weight excluding hydrogens is 338 g/mol. The number of benzene rings is 2. The van der Waals surface area contributed by atoms with E-state index in [2.05, 4.69) is 17.1 Å². The molecule has 2 aromatic rings. The number of carbonyl (C=O) groups excluding carboxylic acids is 2. The molecule has 27 heavy (non-hydrogen) atoms. The molecule has 0 aromatic heterocycles. The lowest BCUT2D eigenvalue weighted by Crippen LogP contribution is -2.38. The molecule has 5 heteroatoms. The van der Waals surface area contributed by atoms with Gasteiger partial charge in [-0.3, -0.25) is 14.5 Å². The summed E-state index contributed by atoms with van der Waals surface area (Å²) in [5, 5.41) is 2.92. The topological polar surface area (TPSA) is 52.7 Å². The van der Waals surface area contributed by atoms with Gasteiger partial charge in [0.05, 0.1) is 6.54 Å². The Bertz CT molecular complexity index is 766. The van der Waals surface area contributed by atoms with Crippen LogP contribution in [0.1, 0.15) is 30.1 Å². The third-order valence-electron chi connectivity index (χ3n) is 5.11. The molecule has 0 atom stereocenters. The highest BCUT2D eigenvalue weighted by Crippen LogP contribution is 2.18. The predicted octanol–water partition coefficient (Wildman–Crippen LogP) is 3.63. The molecule has 1 fully saturated rings. The van der Waals surface area contributed by atoms with E-state index >= 15 is 0 Å². The summed E-state index contributed by atoms with van der Waals surface area (Å²) >= 11 is 0. The second-order valence-corrected chi connectivity index (χ2v) is 7.28. The monoisotopic (exact) mass is 365 g/mol. The molecule has 2 amide bonds. The lowest BCUT2D eigenvalue weighted by Gasteiger charge is -2.29. The molecule has 5 nitrogen and oxygen atoms in total. The Morgan fingerprint density at radius 2 is 1.67 bits per heavy atom. The van der Waals surface area contributed by atoms with Gasteiger partial charge in [-0.05, 0) is 68.2 Å². The minimum absolute atomic E-state index is 0.00923. The van der Waals surface area contributed by atoms with Crippen LogP contribution in [0.5, 0.6) is 0 Å². The Morgan fingerprint density at radius 3 is 2.30 bits per heavy atom. The normalized spacial score (nSPS) is 15.3. The van der Waals surface area contributed by atoms with Crippen molar-refractivity contribution in [3.63, 3.8) is 0 Å². The van der Waals surface area contributed by atoms with E-state index in [1.54, 1.807) is 36.2 Å². The maximum atomic E-state index is 12.6. The molecule has 0 spiro atoms. The van der Waals surface area contributed by atoms with Gasteiger partial charge in [-0.2, -0.15) is 0 Å². The van der Waals surface area contributed by atoms with Crippen molar-refractivity contribution in [2.24, 2.45) is 5.92 Å². The minimum atomic E-state index is -0.0819. The molecule has 0 bridgehead atoms. The molecule has 3 rings (SSSR count). The van der Waals surface area contributed by atoms with E-state index in [4.69, 9.17) is 0 Å². The van der Waals surface area contributed by atoms with Gasteiger partial charge in [-0.15, -0.1) is 0 Å². The molecule has 1 N–H and O–H groups in total. The van der Waals surface area contributed by atoms with Gasteiger partial charge >= 0.3 is 0 Å². The zero-order valence-electron chi connectivity index (χ0n) is 16.0. The fourth-order valence-corrected chi connectivity index (χ4v) is 3.28. The van der Waals surface area contributed by atoms with Gasteiger partial charge in [0.2, 0.25) is 5.91 Å². The summed E-state index contributed by atoms with van der Waals surface area (Å²) in [4.78, 5) is 28.7. The van der Waals surface area contributed by atoms with E-state index in [1.807, 2.05) is 30.3 Å². The van der Waals surface area contributed by atoms with Gasteiger partial charge in [0.25, 0.3) is 5.91 Å². The maximum absolute atomic E-state index is 12.6. The van der Waals surface area contributed by atoms with Gasteiger partial charge in [-0.25, -0.2) is 0 Å². The van der Waals surface area contributed by atoms with Crippen LogP contribution in [0.3, 0.4) is 0 Å². The fourth-order valence-electron chi connectivity index (χ4n) is 3.28. The number of amides is 2. The van der Waals surface area contributed by atoms with E-state index in [9.17, 15) is 9.59 Å². The molecule has 1 saturated heterocycles. The second kappa shape index (κ2) is 8.82. The van der Waals surface area contributed by atoms with Crippen LogP contribution in [-0.2, 0) is 4.79 Å². The Morgan fingerprint density at radius 1 is 1.04 bits per heavy atom. The van der Waals surface area contributed by atoms with Crippen molar-refractivity contribution in [1.82, 2.24) is 4.90 Å². The molecule has 1 aliphatic rings. The third-order valence-corrected chi connectivity index (χ3v) is 5.11. The number of carbonyl (C=O) groups is 2. The predicted molar refractivity (Wildman–Crippen MR) is 109 cm³/mol. The van der Waals surface area contributed by atoms with E-state index in [1.165, 1.54) is 0 Å². The fraction of sp³-hybridized carbons (Fsp3) is 0.364. The van der Waals surface area contributed by atoms with E-state index in [0.29, 0.717) is 17.8 Å². The van der Waals surface area contributed by atoms with E-state index in [-0.39, 0.29) is 11.8 Å². The number of nitrogens with one attached hydrogen (secondary N) is 1. The molecule has 1 aliphatic heterocycles. The Hall–Kier alpha value is -2.66. The Kier molecular flexibility index (Phi) is 6.24. The summed E-state index contributed by atoms with van der Waals surface area (Å²) in [6.45, 7) is 4.64. The first-order valence-electron chi connectivity index (χ1n) is 9.48. The number of rotatable bonds is 5. The van der Waals surface area contributed by atoms with Crippen molar-refractivity contribution in [3.8, 4) is 0 Å². The van der Waals surface area contributed by atoms with Crippen molar-refractivity contribution in [2.75, 3.05) is 36.9 Å². The average Bonchev–Trinajstić information content (AvgIpc) is 2.70. The Balaban J connectivity index is 1.55. The smallest absolute Gasteiger partial charge is 0.258 e. The van der Waals surface area contributed by atoms with E-state index < -0.39 is 0 Å². The quantitative estimate of drug-likeness (QED) is 0.880. The number of anilines is 2. The number of hydrogen-bond donors (Lipinski definition) is 1. The van der Waals surface area contributed by atoms with Crippen LogP contribution < -0.4 is 10.2 Å². The summed E-state index contributed by atoms with van der Waals surface area (Å²) in [5.74, 6) is 0.662. The van der Waals surface area contributed by atoms with Crippen LogP contribution in [0.25, 0.3) is 0 Å². The first-order valence-corrected chi connectivity index (χ1v) is 9.48. The minimum Gasteiger partial charge on any atom is -0.325 e. The van der Waals surface area contributed by atoms with Crippen molar-refractivity contribution in [3.05, 3.63) is 60.2 Å². The molecule has 0 aliphatic carbocycles.